The number of aromatic nitrogens is 2. The molecule has 7 nitrogen and oxygen atoms in total. The zero-order valence-electron chi connectivity index (χ0n) is 18.2. The number of hydrogen-bond acceptors (Lipinski definition) is 5. The van der Waals surface area contributed by atoms with Gasteiger partial charge in [-0.1, -0.05) is 24.3 Å². The Balaban J connectivity index is 1.37. The van der Waals surface area contributed by atoms with Crippen molar-refractivity contribution in [2.75, 3.05) is 20.2 Å². The molecule has 1 aromatic carbocycles. The second-order valence-corrected chi connectivity index (χ2v) is 9.74. The maximum Gasteiger partial charge on any atom is 0.274 e. The predicted molar refractivity (Wildman–Crippen MR) is 125 cm³/mol. The molecular formula is C24H27BrN4O3. The number of pyridine rings is 1. The van der Waals surface area contributed by atoms with E-state index < -0.39 is 11.6 Å². The summed E-state index contributed by atoms with van der Waals surface area (Å²) in [6.07, 6.45) is 4.29. The van der Waals surface area contributed by atoms with Gasteiger partial charge >= 0.3 is 0 Å². The number of nitrogens with zero attached hydrogens (tertiary/aromatic N) is 3. The van der Waals surface area contributed by atoms with Gasteiger partial charge in [0.15, 0.2) is 0 Å². The Morgan fingerprint density at radius 3 is 2.88 bits per heavy atom. The number of β-amino-alcohol motifs (C(OH)–C–C–N with tert-alkyl or cyclic N) is 1. The molecule has 5 rings (SSSR count). The molecule has 0 radical (unpaired) electrons. The fraction of sp³-hybridized carbons (Fsp3) is 0.417. The van der Waals surface area contributed by atoms with Crippen LogP contribution in [-0.2, 0) is 17.7 Å². The summed E-state index contributed by atoms with van der Waals surface area (Å²) in [5, 5.41) is 14.7. The van der Waals surface area contributed by atoms with E-state index in [-0.39, 0.29) is 18.6 Å². The van der Waals surface area contributed by atoms with Gasteiger partial charge in [0.05, 0.1) is 17.7 Å². The molecule has 2 aliphatic heterocycles. The number of amides is 1. The number of benzene rings is 1. The number of nitrogens with one attached hydrogen (secondary N) is 1. The normalized spacial score (nSPS) is 24.0. The SMILES string of the molecule is CO[C@@H](C)c1cc(Br)cn2cc(C(=O)N3CC[C@]4(Cc5ccccc5CN4)[C@H](O)C3)nc12. The standard InChI is InChI=1S/C24H27BrN4O3/c1-15(32-2)19-9-18(25)12-29-13-20(27-22(19)29)23(31)28-8-7-24(21(30)14-28)10-16-5-3-4-6-17(16)11-26-24/h3-6,9,12-13,15,21,26,30H,7-8,10-11,14H2,1-2H3/t15-,21+,24-/m0/s1. The summed E-state index contributed by atoms with van der Waals surface area (Å²) in [6, 6.07) is 10.3. The summed E-state index contributed by atoms with van der Waals surface area (Å²) in [5.74, 6) is -0.161. The Bertz CT molecular complexity index is 1180. The van der Waals surface area contributed by atoms with Crippen LogP contribution in [0.1, 0.15) is 46.6 Å². The highest BCUT2D eigenvalue weighted by Gasteiger charge is 2.45. The highest BCUT2D eigenvalue weighted by Crippen LogP contribution is 2.33. The van der Waals surface area contributed by atoms with Crippen molar-refractivity contribution in [2.24, 2.45) is 0 Å². The minimum Gasteiger partial charge on any atom is -0.389 e. The van der Waals surface area contributed by atoms with E-state index in [9.17, 15) is 9.90 Å². The largest absolute Gasteiger partial charge is 0.389 e. The van der Waals surface area contributed by atoms with Gasteiger partial charge in [0.25, 0.3) is 5.91 Å². The van der Waals surface area contributed by atoms with Gasteiger partial charge in [0.1, 0.15) is 11.3 Å². The summed E-state index contributed by atoms with van der Waals surface area (Å²) in [6.45, 7) is 3.55. The summed E-state index contributed by atoms with van der Waals surface area (Å²) >= 11 is 3.52. The van der Waals surface area contributed by atoms with Gasteiger partial charge in [-0.05, 0) is 52.9 Å². The van der Waals surface area contributed by atoms with E-state index in [2.05, 4.69) is 38.4 Å². The molecule has 0 aliphatic carbocycles. The number of carbonyl (C=O) groups is 1. The van der Waals surface area contributed by atoms with Crippen LogP contribution in [-0.4, -0.2) is 57.1 Å². The van der Waals surface area contributed by atoms with E-state index in [4.69, 9.17) is 4.74 Å². The third kappa shape index (κ3) is 3.65. The van der Waals surface area contributed by atoms with Gasteiger partial charge < -0.3 is 24.5 Å². The quantitative estimate of drug-likeness (QED) is 0.579. The van der Waals surface area contributed by atoms with Crippen LogP contribution in [0.25, 0.3) is 5.65 Å². The lowest BCUT2D eigenvalue weighted by atomic mass is 9.76. The fourth-order valence-corrected chi connectivity index (χ4v) is 5.40. The summed E-state index contributed by atoms with van der Waals surface area (Å²) in [5.41, 5.74) is 4.14. The first-order chi connectivity index (χ1) is 15.4. The van der Waals surface area contributed by atoms with Crippen molar-refractivity contribution >= 4 is 27.5 Å². The number of aliphatic hydroxyl groups is 1. The number of imidazole rings is 1. The van der Waals surface area contributed by atoms with Crippen molar-refractivity contribution in [1.29, 1.82) is 0 Å². The first kappa shape index (κ1) is 21.6. The van der Waals surface area contributed by atoms with Crippen LogP contribution in [0.5, 0.6) is 0 Å². The monoisotopic (exact) mass is 498 g/mol. The molecule has 32 heavy (non-hydrogen) atoms. The molecule has 4 heterocycles. The van der Waals surface area contributed by atoms with Crippen LogP contribution in [0.15, 0.2) is 47.2 Å². The Hall–Kier alpha value is -2.26. The molecule has 0 saturated carbocycles. The van der Waals surface area contributed by atoms with Crippen molar-refractivity contribution < 1.29 is 14.6 Å². The Morgan fingerprint density at radius 1 is 1.34 bits per heavy atom. The number of carbonyl (C=O) groups excluding carboxylic acids is 1. The molecule has 2 N–H and O–H groups in total. The second-order valence-electron chi connectivity index (χ2n) is 8.82. The van der Waals surface area contributed by atoms with Gasteiger partial charge in [-0.25, -0.2) is 4.98 Å². The number of halogens is 1. The minimum atomic E-state index is -0.649. The van der Waals surface area contributed by atoms with Crippen molar-refractivity contribution in [3.63, 3.8) is 0 Å². The highest BCUT2D eigenvalue weighted by molar-refractivity contribution is 9.10. The topological polar surface area (TPSA) is 79.1 Å². The summed E-state index contributed by atoms with van der Waals surface area (Å²) in [4.78, 5) is 19.6. The zero-order valence-corrected chi connectivity index (χ0v) is 19.8. The number of methoxy groups -OCH3 is 1. The fourth-order valence-electron chi connectivity index (χ4n) is 4.93. The molecule has 2 aromatic heterocycles. The molecule has 0 bridgehead atoms. The lowest BCUT2D eigenvalue weighted by Gasteiger charge is -2.48. The van der Waals surface area contributed by atoms with E-state index in [1.165, 1.54) is 11.1 Å². The molecule has 3 aromatic rings. The average molecular weight is 499 g/mol. The molecule has 0 unspecified atom stereocenters. The van der Waals surface area contributed by atoms with Crippen molar-refractivity contribution in [3.05, 3.63) is 69.6 Å². The Morgan fingerprint density at radius 2 is 2.12 bits per heavy atom. The van der Waals surface area contributed by atoms with Crippen molar-refractivity contribution in [1.82, 2.24) is 19.6 Å². The lowest BCUT2D eigenvalue weighted by molar-refractivity contribution is -0.0140. The molecule has 168 valence electrons. The van der Waals surface area contributed by atoms with E-state index in [1.54, 1.807) is 18.2 Å². The van der Waals surface area contributed by atoms with E-state index >= 15 is 0 Å². The Kier molecular flexibility index (Phi) is 5.57. The van der Waals surface area contributed by atoms with Crippen LogP contribution in [0.2, 0.25) is 0 Å². The van der Waals surface area contributed by atoms with Crippen LogP contribution in [0.3, 0.4) is 0 Å². The second kappa shape index (κ2) is 8.26. The maximum atomic E-state index is 13.3. The Labute approximate surface area is 195 Å². The molecule has 2 aliphatic rings. The molecule has 8 heteroatoms. The number of ether oxygens (including phenoxy) is 1. The molecule has 1 saturated heterocycles. The van der Waals surface area contributed by atoms with Gasteiger partial charge in [-0.2, -0.15) is 0 Å². The third-order valence-electron chi connectivity index (χ3n) is 6.96. The van der Waals surface area contributed by atoms with Crippen LogP contribution in [0.4, 0.5) is 0 Å². The first-order valence-corrected chi connectivity index (χ1v) is 11.7. The number of likely N-dealkylation sites (tertiary alicyclic amines) is 1. The van der Waals surface area contributed by atoms with Crippen molar-refractivity contribution in [2.45, 2.75) is 44.1 Å². The number of piperidine rings is 1. The van der Waals surface area contributed by atoms with Gasteiger partial charge in [0, 0.05) is 49.2 Å². The van der Waals surface area contributed by atoms with E-state index in [1.807, 2.05) is 35.7 Å². The summed E-state index contributed by atoms with van der Waals surface area (Å²) < 4.78 is 8.22. The number of fused-ring (bicyclic) bond motifs is 2. The summed E-state index contributed by atoms with van der Waals surface area (Å²) in [7, 11) is 1.65. The lowest BCUT2D eigenvalue weighted by Crippen LogP contribution is -2.65. The molecule has 3 atom stereocenters. The molecule has 1 spiro atoms. The number of hydrogen-bond donors (Lipinski definition) is 2. The maximum absolute atomic E-state index is 13.3. The molecule has 1 amide bonds. The smallest absolute Gasteiger partial charge is 0.274 e. The van der Waals surface area contributed by atoms with Gasteiger partial charge in [0.2, 0.25) is 0 Å². The van der Waals surface area contributed by atoms with Gasteiger partial charge in [-0.15, -0.1) is 0 Å². The average Bonchev–Trinajstić information content (AvgIpc) is 3.23. The predicted octanol–water partition coefficient (Wildman–Crippen LogP) is 3.10. The van der Waals surface area contributed by atoms with E-state index in [0.29, 0.717) is 24.3 Å². The van der Waals surface area contributed by atoms with Crippen molar-refractivity contribution in [3.8, 4) is 0 Å². The highest BCUT2D eigenvalue weighted by atomic mass is 79.9. The van der Waals surface area contributed by atoms with Gasteiger partial charge in [-0.3, -0.25) is 4.79 Å². The van der Waals surface area contributed by atoms with Crippen LogP contribution >= 0.6 is 15.9 Å². The third-order valence-corrected chi connectivity index (χ3v) is 7.39. The first-order valence-electron chi connectivity index (χ1n) is 10.9. The molecular weight excluding hydrogens is 472 g/mol. The van der Waals surface area contributed by atoms with Crippen LogP contribution in [0, 0.1) is 0 Å². The minimum absolute atomic E-state index is 0.155. The number of rotatable bonds is 3. The number of aliphatic hydroxyl groups excluding tert-OH is 1. The van der Waals surface area contributed by atoms with Crippen LogP contribution < -0.4 is 5.32 Å². The zero-order chi connectivity index (χ0) is 22.5. The molecule has 1 fully saturated rings. The van der Waals surface area contributed by atoms with E-state index in [0.717, 1.165) is 23.0 Å².